The number of carbonyl (C=O) groups is 1. The van der Waals surface area contributed by atoms with Gasteiger partial charge in [0.2, 0.25) is 0 Å². The van der Waals surface area contributed by atoms with Gasteiger partial charge in [-0.1, -0.05) is 78.9 Å². The summed E-state index contributed by atoms with van der Waals surface area (Å²) in [7, 11) is 2.11. The normalized spacial score (nSPS) is 18.9. The average Bonchev–Trinajstić information content (AvgIpc) is 3.01. The zero-order valence-electron chi connectivity index (χ0n) is 22.6. The van der Waals surface area contributed by atoms with E-state index in [0.717, 1.165) is 41.8 Å². The number of benzene rings is 3. The lowest BCUT2D eigenvalue weighted by atomic mass is 9.99. The van der Waals surface area contributed by atoms with Crippen LogP contribution in [-0.4, -0.2) is 40.6 Å². The van der Waals surface area contributed by atoms with Crippen molar-refractivity contribution < 1.29 is 19.4 Å². The van der Waals surface area contributed by atoms with Crippen LogP contribution < -0.4 is 5.32 Å². The molecule has 1 amide bonds. The average molecular weight is 538 g/mol. The standard InChI is InChI=1S/C33H35N3O4/c1-36(21-25-6-3-2-4-7-25)22-30-18-31(27-13-11-26(23-37)12-14-27)40-33(39-30)28-15-9-24(10-16-28)19-35-32(38)29-8-5-17-34-20-29/h2-17,20,30-31,33,37H,18-19,21-23H2,1H3,(H,35,38)/t30-,31+,33+/m0/s1. The highest BCUT2D eigenvalue weighted by Crippen LogP contribution is 2.38. The van der Waals surface area contributed by atoms with Crippen molar-refractivity contribution in [2.45, 2.75) is 44.6 Å². The van der Waals surface area contributed by atoms with E-state index >= 15 is 0 Å². The lowest BCUT2D eigenvalue weighted by molar-refractivity contribution is -0.252. The van der Waals surface area contributed by atoms with Crippen LogP contribution in [0.15, 0.2) is 103 Å². The van der Waals surface area contributed by atoms with E-state index in [1.165, 1.54) is 5.56 Å². The predicted molar refractivity (Wildman–Crippen MR) is 153 cm³/mol. The molecule has 0 unspecified atom stereocenters. The summed E-state index contributed by atoms with van der Waals surface area (Å²) in [6.45, 7) is 2.02. The van der Waals surface area contributed by atoms with Crippen molar-refractivity contribution in [3.8, 4) is 0 Å². The van der Waals surface area contributed by atoms with Gasteiger partial charge in [0.15, 0.2) is 6.29 Å². The Balaban J connectivity index is 1.27. The first kappa shape index (κ1) is 27.7. The van der Waals surface area contributed by atoms with E-state index in [9.17, 15) is 9.90 Å². The molecule has 3 aromatic carbocycles. The molecule has 1 aliphatic heterocycles. The highest BCUT2D eigenvalue weighted by atomic mass is 16.7. The fourth-order valence-corrected chi connectivity index (χ4v) is 4.91. The largest absolute Gasteiger partial charge is 0.392 e. The number of hydrogen-bond acceptors (Lipinski definition) is 6. The van der Waals surface area contributed by atoms with Gasteiger partial charge >= 0.3 is 0 Å². The third kappa shape index (κ3) is 7.40. The SMILES string of the molecule is CN(Cc1ccccc1)C[C@@H]1C[C@H](c2ccc(CO)cc2)O[C@H](c2ccc(CNC(=O)c3cccnc3)cc2)O1. The summed E-state index contributed by atoms with van der Waals surface area (Å²) in [4.78, 5) is 18.7. The van der Waals surface area contributed by atoms with Crippen LogP contribution in [0.3, 0.4) is 0 Å². The molecule has 4 aromatic rings. The van der Waals surface area contributed by atoms with Gasteiger partial charge in [-0.3, -0.25) is 14.7 Å². The summed E-state index contributed by atoms with van der Waals surface area (Å²) < 4.78 is 13.0. The van der Waals surface area contributed by atoms with Crippen LogP contribution in [0, 0.1) is 0 Å². The van der Waals surface area contributed by atoms with Gasteiger partial charge in [0.05, 0.1) is 24.4 Å². The Kier molecular flexibility index (Phi) is 9.31. The van der Waals surface area contributed by atoms with Crippen LogP contribution in [0.1, 0.15) is 57.0 Å². The summed E-state index contributed by atoms with van der Waals surface area (Å²) in [6.07, 6.45) is 3.23. The maximum absolute atomic E-state index is 12.4. The molecule has 1 saturated heterocycles. The van der Waals surface area contributed by atoms with Crippen LogP contribution in [0.5, 0.6) is 0 Å². The quantitative estimate of drug-likeness (QED) is 0.290. The molecule has 206 valence electrons. The number of nitrogens with one attached hydrogen (secondary N) is 1. The minimum Gasteiger partial charge on any atom is -0.392 e. The molecule has 0 radical (unpaired) electrons. The molecule has 0 aliphatic carbocycles. The van der Waals surface area contributed by atoms with Crippen molar-refractivity contribution in [3.05, 3.63) is 137 Å². The molecule has 0 bridgehead atoms. The van der Waals surface area contributed by atoms with E-state index in [1.807, 2.05) is 54.6 Å². The van der Waals surface area contributed by atoms with E-state index in [0.29, 0.717) is 12.1 Å². The Morgan fingerprint density at radius 2 is 1.62 bits per heavy atom. The van der Waals surface area contributed by atoms with Crippen molar-refractivity contribution >= 4 is 5.91 Å². The Bertz CT molecular complexity index is 1350. The van der Waals surface area contributed by atoms with Crippen LogP contribution in [-0.2, 0) is 29.2 Å². The smallest absolute Gasteiger partial charge is 0.253 e. The van der Waals surface area contributed by atoms with Gasteiger partial charge < -0.3 is 19.9 Å². The Hall–Kier alpha value is -3.88. The number of rotatable bonds is 10. The molecule has 3 atom stereocenters. The number of aromatic nitrogens is 1. The molecule has 40 heavy (non-hydrogen) atoms. The number of ether oxygens (including phenoxy) is 2. The van der Waals surface area contributed by atoms with Gasteiger partial charge in [0, 0.05) is 44.0 Å². The highest BCUT2D eigenvalue weighted by molar-refractivity contribution is 5.93. The Morgan fingerprint density at radius 3 is 2.33 bits per heavy atom. The number of aliphatic hydroxyl groups excluding tert-OH is 1. The summed E-state index contributed by atoms with van der Waals surface area (Å²) in [5.74, 6) is -0.159. The third-order valence-electron chi connectivity index (χ3n) is 7.05. The van der Waals surface area contributed by atoms with E-state index < -0.39 is 6.29 Å². The first-order chi connectivity index (χ1) is 19.6. The first-order valence-electron chi connectivity index (χ1n) is 13.6. The molecular weight excluding hydrogens is 502 g/mol. The Morgan fingerprint density at radius 1 is 0.900 bits per heavy atom. The number of pyridine rings is 1. The summed E-state index contributed by atoms with van der Waals surface area (Å²) >= 11 is 0. The lowest BCUT2D eigenvalue weighted by Crippen LogP contribution is -2.37. The summed E-state index contributed by atoms with van der Waals surface area (Å²) in [5, 5.41) is 12.4. The fraction of sp³-hybridized carbons (Fsp3) is 0.273. The topological polar surface area (TPSA) is 83.9 Å². The third-order valence-corrected chi connectivity index (χ3v) is 7.05. The van der Waals surface area contributed by atoms with Crippen LogP contribution in [0.25, 0.3) is 0 Å². The van der Waals surface area contributed by atoms with Gasteiger partial charge in [-0.2, -0.15) is 0 Å². The zero-order chi connectivity index (χ0) is 27.7. The number of amides is 1. The first-order valence-corrected chi connectivity index (χ1v) is 13.6. The van der Waals surface area contributed by atoms with Crippen molar-refractivity contribution in [1.82, 2.24) is 15.2 Å². The van der Waals surface area contributed by atoms with E-state index in [1.54, 1.807) is 24.5 Å². The zero-order valence-corrected chi connectivity index (χ0v) is 22.6. The van der Waals surface area contributed by atoms with Crippen molar-refractivity contribution in [3.63, 3.8) is 0 Å². The van der Waals surface area contributed by atoms with Crippen molar-refractivity contribution in [2.24, 2.45) is 0 Å². The van der Waals surface area contributed by atoms with E-state index in [2.05, 4.69) is 46.5 Å². The maximum Gasteiger partial charge on any atom is 0.253 e. The molecule has 0 saturated carbocycles. The molecule has 1 aromatic heterocycles. The van der Waals surface area contributed by atoms with E-state index in [4.69, 9.17) is 9.47 Å². The van der Waals surface area contributed by atoms with Gasteiger partial charge in [0.25, 0.3) is 5.91 Å². The monoisotopic (exact) mass is 537 g/mol. The lowest BCUT2D eigenvalue weighted by Gasteiger charge is -2.38. The summed E-state index contributed by atoms with van der Waals surface area (Å²) in [6, 6.07) is 29.8. The minimum absolute atomic E-state index is 0.0134. The molecule has 0 spiro atoms. The molecule has 2 N–H and O–H groups in total. The second-order valence-electron chi connectivity index (χ2n) is 10.2. The molecular formula is C33H35N3O4. The number of nitrogens with zero attached hydrogens (tertiary/aromatic N) is 2. The van der Waals surface area contributed by atoms with Crippen LogP contribution >= 0.6 is 0 Å². The number of likely N-dealkylation sites (N-methyl/N-ethyl adjacent to an activating group) is 1. The number of hydrogen-bond donors (Lipinski definition) is 2. The number of aliphatic hydroxyl groups is 1. The molecule has 2 heterocycles. The molecule has 1 aliphatic rings. The van der Waals surface area contributed by atoms with Gasteiger partial charge in [0.1, 0.15) is 0 Å². The van der Waals surface area contributed by atoms with Gasteiger partial charge in [-0.05, 0) is 41.4 Å². The molecule has 1 fully saturated rings. The molecule has 5 rings (SSSR count). The Labute approximate surface area is 235 Å². The minimum atomic E-state index is -0.523. The highest BCUT2D eigenvalue weighted by Gasteiger charge is 2.32. The second kappa shape index (κ2) is 13.5. The predicted octanol–water partition coefficient (Wildman–Crippen LogP) is 5.18. The van der Waals surface area contributed by atoms with Crippen LogP contribution in [0.4, 0.5) is 0 Å². The second-order valence-corrected chi connectivity index (χ2v) is 10.2. The summed E-state index contributed by atoms with van der Waals surface area (Å²) in [5.41, 5.74) is 5.64. The molecule has 7 heteroatoms. The van der Waals surface area contributed by atoms with Gasteiger partial charge in [-0.25, -0.2) is 0 Å². The van der Waals surface area contributed by atoms with E-state index in [-0.39, 0.29) is 24.7 Å². The van der Waals surface area contributed by atoms with Crippen LogP contribution in [0.2, 0.25) is 0 Å². The van der Waals surface area contributed by atoms with Crippen molar-refractivity contribution in [2.75, 3.05) is 13.6 Å². The van der Waals surface area contributed by atoms with Gasteiger partial charge in [-0.15, -0.1) is 0 Å². The molecule has 7 nitrogen and oxygen atoms in total. The maximum atomic E-state index is 12.4. The fourth-order valence-electron chi connectivity index (χ4n) is 4.91. The number of carbonyl (C=O) groups excluding carboxylic acids is 1. The van der Waals surface area contributed by atoms with Crippen molar-refractivity contribution in [1.29, 1.82) is 0 Å².